The van der Waals surface area contributed by atoms with Crippen molar-refractivity contribution in [2.24, 2.45) is 5.73 Å². The summed E-state index contributed by atoms with van der Waals surface area (Å²) < 4.78 is 15.4. The van der Waals surface area contributed by atoms with Gasteiger partial charge in [0.25, 0.3) is 0 Å². The summed E-state index contributed by atoms with van der Waals surface area (Å²) in [4.78, 5) is 4.19. The molecular weight excluding hydrogens is 265 g/mol. The average Bonchev–Trinajstić information content (AvgIpc) is 2.96. The molecule has 0 aliphatic carbocycles. The van der Waals surface area contributed by atoms with Crippen molar-refractivity contribution >= 4 is 0 Å². The minimum Gasteiger partial charge on any atom is -0.326 e. The van der Waals surface area contributed by atoms with Gasteiger partial charge in [-0.3, -0.25) is 0 Å². The minimum absolute atomic E-state index is 0.248. The third-order valence-electron chi connectivity index (χ3n) is 3.51. The predicted molar refractivity (Wildman–Crippen MR) is 81.1 cm³/mol. The van der Waals surface area contributed by atoms with Crippen LogP contribution in [0.3, 0.4) is 0 Å². The summed E-state index contributed by atoms with van der Waals surface area (Å²) in [5, 5.41) is 0. The van der Waals surface area contributed by atoms with E-state index in [9.17, 15) is 4.39 Å². The molecule has 1 heterocycles. The van der Waals surface area contributed by atoms with Gasteiger partial charge in [-0.25, -0.2) is 9.37 Å². The van der Waals surface area contributed by atoms with Crippen molar-refractivity contribution in [3.8, 4) is 11.3 Å². The Morgan fingerprint density at radius 3 is 2.62 bits per heavy atom. The van der Waals surface area contributed by atoms with E-state index in [2.05, 4.69) is 11.1 Å². The third kappa shape index (κ3) is 2.85. The van der Waals surface area contributed by atoms with Gasteiger partial charge in [0.05, 0.1) is 18.2 Å². The number of hydrogen-bond acceptors (Lipinski definition) is 2. The second kappa shape index (κ2) is 5.89. The van der Waals surface area contributed by atoms with Gasteiger partial charge in [0.1, 0.15) is 5.82 Å². The first-order chi connectivity index (χ1) is 10.3. The molecule has 0 amide bonds. The predicted octanol–water partition coefficient (Wildman–Crippen LogP) is 3.20. The Labute approximate surface area is 122 Å². The Hall–Kier alpha value is -2.46. The normalized spacial score (nSPS) is 10.8. The lowest BCUT2D eigenvalue weighted by Crippen LogP contribution is -2.06. The minimum atomic E-state index is -0.248. The molecule has 4 heteroatoms. The Kier molecular flexibility index (Phi) is 3.79. The van der Waals surface area contributed by atoms with Gasteiger partial charge in [-0.1, -0.05) is 36.4 Å². The van der Waals surface area contributed by atoms with Crippen molar-refractivity contribution in [1.82, 2.24) is 9.55 Å². The highest BCUT2D eigenvalue weighted by Gasteiger charge is 2.08. The number of benzene rings is 2. The van der Waals surface area contributed by atoms with Crippen molar-refractivity contribution in [1.29, 1.82) is 0 Å². The van der Waals surface area contributed by atoms with Gasteiger partial charge >= 0.3 is 0 Å². The van der Waals surface area contributed by atoms with Crippen LogP contribution in [-0.2, 0) is 13.1 Å². The first kappa shape index (κ1) is 13.5. The fourth-order valence-electron chi connectivity index (χ4n) is 2.43. The van der Waals surface area contributed by atoms with E-state index in [1.165, 1.54) is 12.1 Å². The van der Waals surface area contributed by atoms with Crippen LogP contribution in [0.4, 0.5) is 4.39 Å². The molecule has 1 aromatic heterocycles. The van der Waals surface area contributed by atoms with E-state index in [0.717, 1.165) is 22.4 Å². The van der Waals surface area contributed by atoms with Crippen LogP contribution >= 0.6 is 0 Å². The van der Waals surface area contributed by atoms with Crippen LogP contribution in [0.25, 0.3) is 11.3 Å². The average molecular weight is 281 g/mol. The molecular formula is C17H16FN3. The molecule has 106 valence electrons. The van der Waals surface area contributed by atoms with E-state index in [1.54, 1.807) is 18.6 Å². The molecule has 0 aliphatic heterocycles. The largest absolute Gasteiger partial charge is 0.326 e. The molecule has 3 rings (SSSR count). The molecule has 0 saturated carbocycles. The molecule has 0 radical (unpaired) electrons. The first-order valence-electron chi connectivity index (χ1n) is 6.81. The lowest BCUT2D eigenvalue weighted by molar-refractivity contribution is 0.628. The second-order valence-corrected chi connectivity index (χ2v) is 4.89. The summed E-state index contributed by atoms with van der Waals surface area (Å²) in [5.41, 5.74) is 9.74. The first-order valence-corrected chi connectivity index (χ1v) is 6.81. The summed E-state index contributed by atoms with van der Waals surface area (Å²) in [5.74, 6) is -0.248. The van der Waals surface area contributed by atoms with E-state index in [1.807, 2.05) is 28.8 Å². The Bertz CT molecular complexity index is 749. The van der Waals surface area contributed by atoms with Gasteiger partial charge in [-0.05, 0) is 23.3 Å². The van der Waals surface area contributed by atoms with Crippen LogP contribution in [0.2, 0.25) is 0 Å². The van der Waals surface area contributed by atoms with E-state index >= 15 is 0 Å². The summed E-state index contributed by atoms with van der Waals surface area (Å²) >= 11 is 0. The number of imidazole rings is 1. The molecule has 0 bridgehead atoms. The molecule has 0 unspecified atom stereocenters. The number of hydrogen-bond donors (Lipinski definition) is 1. The summed E-state index contributed by atoms with van der Waals surface area (Å²) in [7, 11) is 0. The van der Waals surface area contributed by atoms with Crippen molar-refractivity contribution < 1.29 is 4.39 Å². The van der Waals surface area contributed by atoms with Crippen molar-refractivity contribution in [3.05, 3.63) is 78.0 Å². The molecule has 3 aromatic rings. The maximum Gasteiger partial charge on any atom is 0.123 e. The van der Waals surface area contributed by atoms with Crippen LogP contribution in [0, 0.1) is 5.82 Å². The molecule has 0 aliphatic rings. The molecule has 2 N–H and O–H groups in total. The van der Waals surface area contributed by atoms with E-state index in [4.69, 9.17) is 5.73 Å². The van der Waals surface area contributed by atoms with Crippen LogP contribution in [0.15, 0.2) is 61.1 Å². The quantitative estimate of drug-likeness (QED) is 0.798. The van der Waals surface area contributed by atoms with Gasteiger partial charge in [-0.2, -0.15) is 0 Å². The van der Waals surface area contributed by atoms with Gasteiger partial charge in [0.15, 0.2) is 0 Å². The van der Waals surface area contributed by atoms with E-state index in [-0.39, 0.29) is 5.82 Å². The van der Waals surface area contributed by atoms with Gasteiger partial charge in [-0.15, -0.1) is 0 Å². The fourth-order valence-corrected chi connectivity index (χ4v) is 2.43. The van der Waals surface area contributed by atoms with Crippen LogP contribution < -0.4 is 5.73 Å². The van der Waals surface area contributed by atoms with Gasteiger partial charge < -0.3 is 10.3 Å². The highest BCUT2D eigenvalue weighted by atomic mass is 19.1. The van der Waals surface area contributed by atoms with Gasteiger partial charge in [0.2, 0.25) is 0 Å². The Balaban J connectivity index is 1.96. The fraction of sp³-hybridized carbons (Fsp3) is 0.118. The molecule has 0 spiro atoms. The Morgan fingerprint density at radius 1 is 1.05 bits per heavy atom. The van der Waals surface area contributed by atoms with Gasteiger partial charge in [0, 0.05) is 18.7 Å². The zero-order chi connectivity index (χ0) is 14.7. The monoisotopic (exact) mass is 281 g/mol. The maximum absolute atomic E-state index is 13.4. The van der Waals surface area contributed by atoms with Crippen LogP contribution in [0.5, 0.6) is 0 Å². The number of aromatic nitrogens is 2. The highest BCUT2D eigenvalue weighted by molar-refractivity contribution is 5.59. The molecule has 21 heavy (non-hydrogen) atoms. The summed E-state index contributed by atoms with van der Waals surface area (Å²) in [6.45, 7) is 1.17. The van der Waals surface area contributed by atoms with Crippen molar-refractivity contribution in [2.75, 3.05) is 0 Å². The van der Waals surface area contributed by atoms with Crippen molar-refractivity contribution in [2.45, 2.75) is 13.1 Å². The lowest BCUT2D eigenvalue weighted by Gasteiger charge is -2.11. The van der Waals surface area contributed by atoms with E-state index < -0.39 is 0 Å². The molecule has 3 nitrogen and oxygen atoms in total. The molecule has 0 atom stereocenters. The number of rotatable bonds is 4. The number of halogens is 1. The van der Waals surface area contributed by atoms with Crippen LogP contribution in [0.1, 0.15) is 11.1 Å². The molecule has 2 aromatic carbocycles. The zero-order valence-electron chi connectivity index (χ0n) is 11.5. The van der Waals surface area contributed by atoms with Crippen LogP contribution in [-0.4, -0.2) is 9.55 Å². The standard InChI is InChI=1S/C17H16FN3/c18-16-7-3-6-13(8-16)17-10-20-12-21(17)11-15-5-2-1-4-14(15)9-19/h1-8,10,12H,9,11,19H2. The topological polar surface area (TPSA) is 43.8 Å². The Morgan fingerprint density at radius 2 is 1.86 bits per heavy atom. The molecule has 0 saturated heterocycles. The SMILES string of the molecule is NCc1ccccc1Cn1cncc1-c1cccc(F)c1. The second-order valence-electron chi connectivity index (χ2n) is 4.89. The lowest BCUT2D eigenvalue weighted by atomic mass is 10.1. The number of nitrogens with two attached hydrogens (primary N) is 1. The third-order valence-corrected chi connectivity index (χ3v) is 3.51. The molecule has 0 fully saturated rings. The maximum atomic E-state index is 13.4. The highest BCUT2D eigenvalue weighted by Crippen LogP contribution is 2.21. The zero-order valence-corrected chi connectivity index (χ0v) is 11.5. The smallest absolute Gasteiger partial charge is 0.123 e. The summed E-state index contributed by atoms with van der Waals surface area (Å²) in [6, 6.07) is 14.6. The number of nitrogens with zero attached hydrogens (tertiary/aromatic N) is 2. The summed E-state index contributed by atoms with van der Waals surface area (Å²) in [6.07, 6.45) is 3.51. The van der Waals surface area contributed by atoms with E-state index in [0.29, 0.717) is 13.1 Å². The van der Waals surface area contributed by atoms with Crippen molar-refractivity contribution in [3.63, 3.8) is 0 Å².